The van der Waals surface area contributed by atoms with Gasteiger partial charge in [-0.15, -0.1) is 0 Å². The summed E-state index contributed by atoms with van der Waals surface area (Å²) in [7, 11) is 1.16. The van der Waals surface area contributed by atoms with Crippen LogP contribution in [0.3, 0.4) is 0 Å². The number of likely N-dealkylation sites (N-methyl/N-ethyl adjacent to an activating group) is 1. The van der Waals surface area contributed by atoms with Crippen LogP contribution in [0.5, 0.6) is 0 Å². The molecule has 3 atom stereocenters. The van der Waals surface area contributed by atoms with Crippen LogP contribution in [0, 0.1) is 0 Å². The van der Waals surface area contributed by atoms with Crippen LogP contribution >= 0.6 is 7.82 Å². The lowest BCUT2D eigenvalue weighted by Gasteiger charge is -2.30. The number of quaternary nitrogens is 1. The highest BCUT2D eigenvalue weighted by Crippen LogP contribution is 2.38. The first-order chi connectivity index (χ1) is 35.9. The van der Waals surface area contributed by atoms with E-state index in [1.54, 1.807) is 0 Å². The van der Waals surface area contributed by atoms with E-state index in [1.807, 2.05) is 33.3 Å². The predicted octanol–water partition coefficient (Wildman–Crippen LogP) is 18.4. The molecule has 0 aliphatic rings. The number of amides is 1. The average Bonchev–Trinajstić information content (AvgIpc) is 3.36. The number of ether oxygens (including phenoxy) is 1. The van der Waals surface area contributed by atoms with Crippen molar-refractivity contribution in [2.75, 3.05) is 40.9 Å². The van der Waals surface area contributed by atoms with Gasteiger partial charge in [-0.3, -0.25) is 14.2 Å². The highest BCUT2D eigenvalue weighted by Gasteiger charge is 2.27. The van der Waals surface area contributed by atoms with Crippen molar-refractivity contribution in [2.24, 2.45) is 0 Å². The van der Waals surface area contributed by atoms with E-state index in [0.717, 1.165) is 64.2 Å². The molecule has 0 heterocycles. The molecule has 0 aromatic rings. The molecular formula is C64H119N2O7P. The predicted molar refractivity (Wildman–Crippen MR) is 316 cm³/mol. The zero-order chi connectivity index (χ0) is 54.3. The average molecular weight is 1060 g/mol. The Morgan fingerprint density at radius 1 is 0.473 bits per heavy atom. The monoisotopic (exact) mass is 1060 g/mol. The number of allylic oxidation sites excluding steroid dienone is 9. The molecule has 1 amide bonds. The summed E-state index contributed by atoms with van der Waals surface area (Å²) in [4.78, 5) is 39.9. The highest BCUT2D eigenvalue weighted by molar-refractivity contribution is 7.45. The molecule has 0 aromatic heterocycles. The van der Waals surface area contributed by atoms with Gasteiger partial charge in [-0.05, 0) is 70.3 Å². The minimum absolute atomic E-state index is 0.0304. The minimum atomic E-state index is -4.71. The third-order valence-corrected chi connectivity index (χ3v) is 14.7. The smallest absolute Gasteiger partial charge is 0.306 e. The van der Waals surface area contributed by atoms with Gasteiger partial charge in [0, 0.05) is 12.8 Å². The summed E-state index contributed by atoms with van der Waals surface area (Å²) in [5, 5.41) is 3.02. The van der Waals surface area contributed by atoms with Crippen LogP contribution in [0.25, 0.3) is 0 Å². The lowest BCUT2D eigenvalue weighted by Crippen LogP contribution is -2.47. The molecule has 9 nitrogen and oxygen atoms in total. The molecule has 0 bridgehead atoms. The Kier molecular flexibility index (Phi) is 52.4. The maximum atomic E-state index is 13.5. The second-order valence-corrected chi connectivity index (χ2v) is 23.6. The molecule has 432 valence electrons. The maximum absolute atomic E-state index is 13.5. The number of esters is 1. The van der Waals surface area contributed by atoms with Gasteiger partial charge in [0.05, 0.1) is 33.8 Å². The minimum Gasteiger partial charge on any atom is -0.756 e. The third kappa shape index (κ3) is 54.5. The van der Waals surface area contributed by atoms with E-state index in [2.05, 4.69) is 74.7 Å². The van der Waals surface area contributed by atoms with E-state index >= 15 is 0 Å². The Labute approximate surface area is 458 Å². The summed E-state index contributed by atoms with van der Waals surface area (Å²) >= 11 is 0. The van der Waals surface area contributed by atoms with Crippen molar-refractivity contribution in [1.29, 1.82) is 0 Å². The quantitative estimate of drug-likeness (QED) is 0.0212. The first-order valence-corrected chi connectivity index (χ1v) is 32.6. The van der Waals surface area contributed by atoms with Crippen molar-refractivity contribution in [3.8, 4) is 0 Å². The molecule has 0 aliphatic heterocycles. The zero-order valence-corrected chi connectivity index (χ0v) is 50.2. The van der Waals surface area contributed by atoms with Gasteiger partial charge >= 0.3 is 5.97 Å². The molecule has 0 saturated carbocycles. The zero-order valence-electron chi connectivity index (χ0n) is 49.3. The SMILES string of the molecule is CCCCC/C=C\C/C=C\C/C=C\C/C=C\CCCC(=O)OC(/C=C/CCCCCCCCCCCC)C(COP(=O)([O-])OCC[N+](C)(C)C)NC(=O)CCCCCCCCCCCCCCCCCCCCC. The van der Waals surface area contributed by atoms with E-state index in [9.17, 15) is 19.0 Å². The summed E-state index contributed by atoms with van der Waals surface area (Å²) in [6, 6.07) is -0.909. The van der Waals surface area contributed by atoms with Crippen LogP contribution < -0.4 is 10.2 Å². The van der Waals surface area contributed by atoms with E-state index in [4.69, 9.17) is 13.8 Å². The van der Waals surface area contributed by atoms with Crippen molar-refractivity contribution >= 4 is 19.7 Å². The second kappa shape index (κ2) is 54.1. The summed E-state index contributed by atoms with van der Waals surface area (Å²) in [6.07, 6.45) is 67.6. The fraction of sp³-hybridized carbons (Fsp3) is 0.812. The molecular weight excluding hydrogens is 940 g/mol. The van der Waals surface area contributed by atoms with E-state index in [-0.39, 0.29) is 18.9 Å². The number of rotatable bonds is 56. The van der Waals surface area contributed by atoms with Gasteiger partial charge in [0.1, 0.15) is 19.3 Å². The number of nitrogens with zero attached hydrogens (tertiary/aromatic N) is 1. The number of carbonyl (C=O) groups is 2. The summed E-state index contributed by atoms with van der Waals surface area (Å²) in [5.41, 5.74) is 0. The van der Waals surface area contributed by atoms with Crippen LogP contribution in [0.2, 0.25) is 0 Å². The second-order valence-electron chi connectivity index (χ2n) is 22.2. The van der Waals surface area contributed by atoms with E-state index in [1.165, 1.54) is 180 Å². The van der Waals surface area contributed by atoms with Gasteiger partial charge in [-0.1, -0.05) is 262 Å². The molecule has 1 N–H and O–H groups in total. The number of hydrogen-bond donors (Lipinski definition) is 1. The standard InChI is InChI=1S/C64H119N2O7P/c1-7-10-13-16-19-22-25-28-30-32-33-35-36-38-41-44-47-50-53-56-63(67)65-61(60-72-74(69,70)71-59-58-66(4,5)6)62(55-52-49-46-43-40-27-24-21-18-15-12-9-3)73-64(68)57-54-51-48-45-42-39-37-34-31-29-26-23-20-17-14-11-8-2/h20,23,29,31,37,39,45,48,52,55,61-62H,7-19,21-22,24-28,30,32-36,38,40-44,46-47,49-51,53-54,56-60H2,1-6H3,(H-,65,67,69,70)/b23-20-,31-29-,39-37-,48-45-,55-52+. The Morgan fingerprint density at radius 3 is 1.28 bits per heavy atom. The number of nitrogens with one attached hydrogen (secondary N) is 1. The fourth-order valence-corrected chi connectivity index (χ4v) is 9.59. The Morgan fingerprint density at radius 2 is 0.838 bits per heavy atom. The Balaban J connectivity index is 5.32. The number of phosphoric ester groups is 1. The van der Waals surface area contributed by atoms with Crippen LogP contribution in [0.15, 0.2) is 60.8 Å². The van der Waals surface area contributed by atoms with Gasteiger partial charge < -0.3 is 28.5 Å². The van der Waals surface area contributed by atoms with Crippen LogP contribution in [-0.4, -0.2) is 69.4 Å². The molecule has 74 heavy (non-hydrogen) atoms. The van der Waals surface area contributed by atoms with Crippen molar-refractivity contribution in [3.05, 3.63) is 60.8 Å². The molecule has 0 radical (unpaired) electrons. The van der Waals surface area contributed by atoms with E-state index in [0.29, 0.717) is 23.9 Å². The van der Waals surface area contributed by atoms with Gasteiger partial charge in [-0.25, -0.2) is 0 Å². The molecule has 0 rings (SSSR count). The molecule has 0 aromatic carbocycles. The van der Waals surface area contributed by atoms with E-state index < -0.39 is 32.5 Å². The number of unbranched alkanes of at least 4 members (excludes halogenated alkanes) is 32. The summed E-state index contributed by atoms with van der Waals surface area (Å²) in [6.45, 7) is 6.80. The molecule has 3 unspecified atom stereocenters. The summed E-state index contributed by atoms with van der Waals surface area (Å²) in [5.74, 6) is -0.598. The van der Waals surface area contributed by atoms with Crippen LogP contribution in [0.1, 0.15) is 284 Å². The Bertz CT molecular complexity index is 1450. The molecule has 0 fully saturated rings. The normalized spacial score (nSPS) is 14.1. The number of carbonyl (C=O) groups excluding carboxylic acids is 2. The van der Waals surface area contributed by atoms with Gasteiger partial charge in [0.2, 0.25) is 5.91 Å². The largest absolute Gasteiger partial charge is 0.756 e. The Hall–Kier alpha value is -2.29. The van der Waals surface area contributed by atoms with Crippen molar-refractivity contribution in [1.82, 2.24) is 5.32 Å². The van der Waals surface area contributed by atoms with Gasteiger partial charge in [0.15, 0.2) is 0 Å². The fourth-order valence-electron chi connectivity index (χ4n) is 8.87. The lowest BCUT2D eigenvalue weighted by molar-refractivity contribution is -0.870. The van der Waals surface area contributed by atoms with Gasteiger partial charge in [0.25, 0.3) is 7.82 Å². The van der Waals surface area contributed by atoms with Gasteiger partial charge in [-0.2, -0.15) is 0 Å². The highest BCUT2D eigenvalue weighted by atomic mass is 31.2. The first kappa shape index (κ1) is 71.7. The number of phosphoric acid groups is 1. The topological polar surface area (TPSA) is 114 Å². The first-order valence-electron chi connectivity index (χ1n) is 31.1. The summed E-state index contributed by atoms with van der Waals surface area (Å²) < 4.78 is 30.3. The van der Waals surface area contributed by atoms with Crippen LogP contribution in [-0.2, 0) is 27.9 Å². The van der Waals surface area contributed by atoms with Crippen molar-refractivity contribution in [3.63, 3.8) is 0 Å². The lowest BCUT2D eigenvalue weighted by atomic mass is 10.0. The molecule has 10 heteroatoms. The van der Waals surface area contributed by atoms with Crippen molar-refractivity contribution < 1.29 is 37.3 Å². The third-order valence-electron chi connectivity index (χ3n) is 13.7. The molecule has 0 saturated heterocycles. The van der Waals surface area contributed by atoms with Crippen molar-refractivity contribution in [2.45, 2.75) is 296 Å². The molecule has 0 aliphatic carbocycles. The molecule has 0 spiro atoms. The number of hydrogen-bond acceptors (Lipinski definition) is 7. The van der Waals surface area contributed by atoms with Crippen LogP contribution in [0.4, 0.5) is 0 Å². The maximum Gasteiger partial charge on any atom is 0.306 e.